The Morgan fingerprint density at radius 3 is 2.09 bits per heavy atom. The number of nitrogens with one attached hydrogen (secondary N) is 11. The molecular formula is C49H76N15O18+. The van der Waals surface area contributed by atoms with Gasteiger partial charge < -0.3 is 85.1 Å². The van der Waals surface area contributed by atoms with Crippen LogP contribution in [0.1, 0.15) is 83.5 Å². The minimum atomic E-state index is -1.67. The number of quaternary nitrogens is 1. The molecule has 2 fully saturated rings. The fraction of sp³-hybridized carbons (Fsp3) is 0.592. The normalized spacial score (nSPS) is 22.0. The number of unbranched alkanes of at least 4 members (excludes halogenated alkanes) is 1. The number of amides is 12. The predicted octanol–water partition coefficient (Wildman–Crippen LogP) is -8.32. The highest BCUT2D eigenvalue weighted by molar-refractivity contribution is 5.97. The number of hydroxylamine groups is 4. The fourth-order valence-electron chi connectivity index (χ4n) is 9.20. The Morgan fingerprint density at radius 2 is 1.41 bits per heavy atom. The molecule has 454 valence electrons. The summed E-state index contributed by atoms with van der Waals surface area (Å²) in [4.78, 5) is 156. The van der Waals surface area contributed by atoms with Crippen molar-refractivity contribution in [1.82, 2.24) is 63.3 Å². The third kappa shape index (κ3) is 20.4. The smallest absolute Gasteiger partial charge is 0.279 e. The van der Waals surface area contributed by atoms with Crippen molar-refractivity contribution in [3.63, 3.8) is 0 Å². The van der Waals surface area contributed by atoms with Gasteiger partial charge in [-0.25, -0.2) is 10.1 Å². The summed E-state index contributed by atoms with van der Waals surface area (Å²) in [5.41, 5.74) is 11.4. The van der Waals surface area contributed by atoms with Crippen LogP contribution in [0, 0.1) is 0 Å². The third-order valence-electron chi connectivity index (χ3n) is 13.5. The number of rotatable bonds is 30. The van der Waals surface area contributed by atoms with Crippen molar-refractivity contribution in [1.29, 1.82) is 0 Å². The first kappa shape index (κ1) is 66.3. The first-order chi connectivity index (χ1) is 39.1. The van der Waals surface area contributed by atoms with E-state index >= 15 is 0 Å². The first-order valence-electron chi connectivity index (χ1n) is 26.7. The van der Waals surface area contributed by atoms with Gasteiger partial charge in [-0.2, -0.15) is 0 Å². The van der Waals surface area contributed by atoms with Crippen LogP contribution >= 0.6 is 0 Å². The summed E-state index contributed by atoms with van der Waals surface area (Å²) in [6.07, 6.45) is 4.27. The van der Waals surface area contributed by atoms with Gasteiger partial charge in [-0.3, -0.25) is 72.8 Å². The summed E-state index contributed by atoms with van der Waals surface area (Å²) >= 11 is 0. The van der Waals surface area contributed by atoms with E-state index in [1.54, 1.807) is 0 Å². The van der Waals surface area contributed by atoms with Crippen LogP contribution in [0.2, 0.25) is 0 Å². The number of nitrogens with zero attached hydrogens (tertiary/aromatic N) is 2. The number of nitrogens with two attached hydrogens (primary N) is 2. The fourth-order valence-corrected chi connectivity index (χ4v) is 9.20. The van der Waals surface area contributed by atoms with Crippen molar-refractivity contribution in [2.45, 2.75) is 132 Å². The number of hydrogen-bond donors (Lipinski definition) is 19. The Hall–Kier alpha value is -8.24. The molecule has 0 bridgehead atoms. The maximum Gasteiger partial charge on any atom is 0.279 e. The summed E-state index contributed by atoms with van der Waals surface area (Å²) in [6.45, 7) is -2.73. The molecule has 4 aliphatic rings. The zero-order valence-electron chi connectivity index (χ0n) is 45.0. The monoisotopic (exact) mass is 1160 g/mol. The lowest BCUT2D eigenvalue weighted by Crippen LogP contribution is -3.21. The SMILES string of the molecule is NCCCCC(NC(=O)C(CO)NC(=O)C1CCNC2=C(NC(=O)CCC(N)=O)C=C3C=C(O)C(O)=CC3[NH+]21)C(=O)NCC(=O)NC(CCCN(O)C=O)C(=O)NC1CCCCNC(=O)C(CO)NC(=O)C(CCCN(O)C=O)NC1=O. The highest BCUT2D eigenvalue weighted by Crippen LogP contribution is 2.24. The molecule has 12 amide bonds. The zero-order valence-corrected chi connectivity index (χ0v) is 45.0. The van der Waals surface area contributed by atoms with E-state index in [9.17, 15) is 88.4 Å². The second-order valence-corrected chi connectivity index (χ2v) is 19.6. The molecule has 4 rings (SSSR count). The van der Waals surface area contributed by atoms with Crippen LogP contribution in [0.5, 0.6) is 0 Å². The maximum atomic E-state index is 14.2. The molecule has 82 heavy (non-hydrogen) atoms. The van der Waals surface area contributed by atoms with Crippen LogP contribution in [-0.2, 0) is 57.5 Å². The zero-order chi connectivity index (χ0) is 60.5. The number of allylic oxidation sites excluding steroid dienone is 1. The van der Waals surface area contributed by atoms with Crippen LogP contribution < -0.4 is 69.5 Å². The summed E-state index contributed by atoms with van der Waals surface area (Å²) in [6, 6.07) is -10.7. The number of aliphatic hydroxyl groups is 4. The minimum absolute atomic E-state index is 0.0404. The molecule has 2 saturated heterocycles. The van der Waals surface area contributed by atoms with Gasteiger partial charge in [0.25, 0.3) is 5.91 Å². The Morgan fingerprint density at radius 1 is 0.732 bits per heavy atom. The number of carbonyl (C=O) groups excluding carboxylic acids is 12. The van der Waals surface area contributed by atoms with Crippen molar-refractivity contribution < 1.29 is 93.3 Å². The van der Waals surface area contributed by atoms with Crippen LogP contribution in [0.25, 0.3) is 0 Å². The van der Waals surface area contributed by atoms with Gasteiger partial charge in [0.1, 0.15) is 48.0 Å². The van der Waals surface area contributed by atoms with Crippen molar-refractivity contribution in [2.24, 2.45) is 11.5 Å². The molecule has 0 radical (unpaired) electrons. The van der Waals surface area contributed by atoms with Gasteiger partial charge in [0.05, 0.1) is 19.8 Å². The van der Waals surface area contributed by atoms with Crippen molar-refractivity contribution in [3.05, 3.63) is 46.8 Å². The molecule has 9 unspecified atom stereocenters. The Kier molecular flexibility index (Phi) is 27.1. The third-order valence-corrected chi connectivity index (χ3v) is 13.5. The van der Waals surface area contributed by atoms with E-state index in [0.29, 0.717) is 22.0 Å². The predicted molar refractivity (Wildman–Crippen MR) is 280 cm³/mol. The molecule has 0 saturated carbocycles. The molecule has 3 heterocycles. The maximum absolute atomic E-state index is 14.2. The molecule has 0 spiro atoms. The molecule has 33 heteroatoms. The van der Waals surface area contributed by atoms with E-state index in [1.807, 2.05) is 0 Å². The van der Waals surface area contributed by atoms with Gasteiger partial charge in [-0.1, -0.05) is 0 Å². The molecule has 0 aromatic rings. The average molecular weight is 1160 g/mol. The van der Waals surface area contributed by atoms with E-state index in [-0.39, 0.29) is 139 Å². The quantitative estimate of drug-likeness (QED) is 0.0137. The van der Waals surface area contributed by atoms with Crippen LogP contribution in [-0.4, -0.2) is 214 Å². The second-order valence-electron chi connectivity index (χ2n) is 19.6. The van der Waals surface area contributed by atoms with Gasteiger partial charge in [0.15, 0.2) is 17.6 Å². The van der Waals surface area contributed by atoms with Gasteiger partial charge in [-0.15, -0.1) is 0 Å². The summed E-state index contributed by atoms with van der Waals surface area (Å²) in [5, 5.41) is 86.7. The second kappa shape index (κ2) is 33.5. The van der Waals surface area contributed by atoms with Crippen LogP contribution in [0.15, 0.2) is 46.8 Å². The van der Waals surface area contributed by atoms with E-state index in [1.165, 1.54) is 18.2 Å². The molecule has 33 nitrogen and oxygen atoms in total. The number of primary amides is 1. The summed E-state index contributed by atoms with van der Waals surface area (Å²) < 4.78 is 0. The largest absolute Gasteiger partial charge is 0.504 e. The number of carbonyl (C=O) groups is 12. The van der Waals surface area contributed by atoms with Gasteiger partial charge in [-0.05, 0) is 82.9 Å². The number of hydrogen-bond acceptors (Lipinski definition) is 20. The molecule has 0 aromatic carbocycles. The van der Waals surface area contributed by atoms with Crippen molar-refractivity contribution >= 4 is 71.9 Å². The van der Waals surface area contributed by atoms with E-state index in [2.05, 4.69) is 53.2 Å². The molecule has 21 N–H and O–H groups in total. The average Bonchev–Trinajstić information content (AvgIpc) is 1.58. The lowest BCUT2D eigenvalue weighted by atomic mass is 9.90. The Balaban J connectivity index is 1.49. The highest BCUT2D eigenvalue weighted by Gasteiger charge is 2.47. The highest BCUT2D eigenvalue weighted by atomic mass is 16.5. The van der Waals surface area contributed by atoms with Gasteiger partial charge in [0, 0.05) is 57.1 Å². The van der Waals surface area contributed by atoms with Crippen molar-refractivity contribution in [2.75, 3.05) is 52.5 Å². The number of fused-ring (bicyclic) bond motifs is 3. The number of aliphatic hydroxyl groups excluding tert-OH is 4. The molecule has 0 aromatic heterocycles. The Labute approximate surface area is 470 Å². The molecule has 9 atom stereocenters. The van der Waals surface area contributed by atoms with E-state index in [4.69, 9.17) is 11.5 Å². The summed E-state index contributed by atoms with van der Waals surface area (Å²) in [5.74, 6) is -9.16. The van der Waals surface area contributed by atoms with Crippen LogP contribution in [0.4, 0.5) is 0 Å². The van der Waals surface area contributed by atoms with E-state index in [0.717, 1.165) is 0 Å². The Bertz CT molecular complexity index is 2470. The molecule has 1 aliphatic carbocycles. The van der Waals surface area contributed by atoms with Crippen molar-refractivity contribution in [3.8, 4) is 0 Å². The van der Waals surface area contributed by atoms with E-state index < -0.39 is 139 Å². The van der Waals surface area contributed by atoms with Gasteiger partial charge in [0.2, 0.25) is 71.8 Å². The van der Waals surface area contributed by atoms with Gasteiger partial charge >= 0.3 is 0 Å². The lowest BCUT2D eigenvalue weighted by molar-refractivity contribution is -0.900. The molecular weight excluding hydrogens is 1090 g/mol. The lowest BCUT2D eigenvalue weighted by Gasteiger charge is -2.42. The topological polar surface area (TPSA) is 509 Å². The standard InChI is InChI=1S/C49H75N15O18/c50-14-3-1-7-28(57-48(79)34(24-66)61-49(80)35-13-16-52-42-32(56-40(72)12-11-39(51)71)19-27-20-37(69)38(70)21-36(27)64(35)42)43(74)54-22-41(73)55-29(9-5-17-62(81)25-67)45(76)58-30-8-2-4-15-53-44(75)33(23-65)60-47(78)31(59-46(30)77)10-6-18-63(82)26-68/h19-21,25-26,28-31,33-36,52,65-66,69-70,81-82H,1-18,22-24,50H2,(H2,51,71)(H,53,75)(H,54,74)(H,55,73)(H,56,72)(H,57,79)(H,58,76)(H,59,77)(H,60,78)(H,61,80)/p+1. The first-order valence-corrected chi connectivity index (χ1v) is 26.7. The minimum Gasteiger partial charge on any atom is -0.504 e. The molecule has 3 aliphatic heterocycles. The summed E-state index contributed by atoms with van der Waals surface area (Å²) in [7, 11) is 0. The van der Waals surface area contributed by atoms with Crippen LogP contribution in [0.3, 0.4) is 0 Å².